The van der Waals surface area contributed by atoms with Gasteiger partial charge in [-0.15, -0.1) is 0 Å². The summed E-state index contributed by atoms with van der Waals surface area (Å²) in [6, 6.07) is 17.3. The molecule has 0 atom stereocenters. The van der Waals surface area contributed by atoms with Crippen LogP contribution >= 0.6 is 0 Å². The number of nitrogens with zero attached hydrogens (tertiary/aromatic N) is 2. The van der Waals surface area contributed by atoms with Crippen molar-refractivity contribution < 1.29 is 24.6 Å². The highest BCUT2D eigenvalue weighted by atomic mass is 16.5. The largest absolute Gasteiger partial charge is 0.494 e. The van der Waals surface area contributed by atoms with Crippen LogP contribution < -0.4 is 15.0 Å². The summed E-state index contributed by atoms with van der Waals surface area (Å²) in [6.07, 6.45) is 4.65. The van der Waals surface area contributed by atoms with Gasteiger partial charge in [-0.25, -0.2) is 10.5 Å². The maximum absolute atomic E-state index is 12.4. The maximum Gasteiger partial charge on any atom is 0.279 e. The molecule has 0 saturated heterocycles. The molecule has 8 heteroatoms. The minimum Gasteiger partial charge on any atom is -0.494 e. The molecule has 0 unspecified atom stereocenters. The van der Waals surface area contributed by atoms with Crippen LogP contribution in [0.3, 0.4) is 0 Å². The van der Waals surface area contributed by atoms with E-state index in [2.05, 4.69) is 4.98 Å². The Kier molecular flexibility index (Phi) is 7.31. The quantitative estimate of drug-likeness (QED) is 0.195. The van der Waals surface area contributed by atoms with E-state index >= 15 is 0 Å². The summed E-state index contributed by atoms with van der Waals surface area (Å²) in [5, 5.41) is 18.6. The van der Waals surface area contributed by atoms with Crippen LogP contribution in [0.1, 0.15) is 23.2 Å². The van der Waals surface area contributed by atoms with Crippen molar-refractivity contribution in [3.8, 4) is 33.9 Å². The molecule has 0 saturated carbocycles. The Morgan fingerprint density at radius 3 is 2.29 bits per heavy atom. The fraction of sp³-hybridized carbons (Fsp3) is 0.192. The summed E-state index contributed by atoms with van der Waals surface area (Å²) in [6.45, 7) is 0.744. The van der Waals surface area contributed by atoms with Gasteiger partial charge in [0.05, 0.1) is 24.8 Å². The number of hydroxylamine groups is 1. The average Bonchev–Trinajstić information content (AvgIpc) is 2.90. The van der Waals surface area contributed by atoms with E-state index in [9.17, 15) is 10.0 Å². The molecule has 0 aliphatic heterocycles. The van der Waals surface area contributed by atoms with Crippen LogP contribution in [0.15, 0.2) is 67.0 Å². The molecule has 0 fully saturated rings. The molecule has 0 radical (unpaired) electrons. The fourth-order valence-electron chi connectivity index (χ4n) is 3.73. The maximum atomic E-state index is 12.4. The minimum absolute atomic E-state index is 0.164. The number of rotatable bonds is 9. The molecule has 1 amide bonds. The molecular formula is C26H25N3O5. The Morgan fingerprint density at radius 1 is 0.971 bits per heavy atom. The lowest BCUT2D eigenvalue weighted by atomic mass is 10.00. The number of nitrogens with one attached hydrogen (secondary N) is 1. The first-order chi connectivity index (χ1) is 16.7. The highest BCUT2D eigenvalue weighted by molar-refractivity contribution is 6.09. The summed E-state index contributed by atoms with van der Waals surface area (Å²) < 4.78 is 11.2. The van der Waals surface area contributed by atoms with Gasteiger partial charge < -0.3 is 14.6 Å². The molecule has 174 valence electrons. The first-order valence-electron chi connectivity index (χ1n) is 10.9. The Hall–Kier alpha value is -4.01. The summed E-state index contributed by atoms with van der Waals surface area (Å²) in [5.74, 6) is 0.337. The smallest absolute Gasteiger partial charge is 0.279 e. The van der Waals surface area contributed by atoms with E-state index in [1.54, 1.807) is 17.7 Å². The van der Waals surface area contributed by atoms with Gasteiger partial charge in [0.25, 0.3) is 5.91 Å². The molecule has 2 heterocycles. The SMILES string of the molecule is COc1c(-c2ccc(-c3ccc(OCCCCO)cc3)cc2)nc2ccncc2c1C(=O)NO. The van der Waals surface area contributed by atoms with Crippen LogP contribution in [0, 0.1) is 0 Å². The number of ether oxygens (including phenoxy) is 2. The van der Waals surface area contributed by atoms with Gasteiger partial charge in [0, 0.05) is 30.0 Å². The van der Waals surface area contributed by atoms with Gasteiger partial charge in [-0.3, -0.25) is 15.0 Å². The molecule has 2 aromatic carbocycles. The number of fused-ring (bicyclic) bond motifs is 1. The van der Waals surface area contributed by atoms with Gasteiger partial charge in [0.1, 0.15) is 11.4 Å². The average molecular weight is 460 g/mol. The number of hydrogen-bond acceptors (Lipinski definition) is 7. The molecule has 8 nitrogen and oxygen atoms in total. The Labute approximate surface area is 196 Å². The number of carbonyl (C=O) groups excluding carboxylic acids is 1. The molecule has 34 heavy (non-hydrogen) atoms. The molecular weight excluding hydrogens is 434 g/mol. The lowest BCUT2D eigenvalue weighted by molar-refractivity contribution is 0.0705. The van der Waals surface area contributed by atoms with Crippen LogP contribution in [0.2, 0.25) is 0 Å². The molecule has 2 aromatic heterocycles. The van der Waals surface area contributed by atoms with Crippen molar-refractivity contribution in [2.75, 3.05) is 20.3 Å². The van der Waals surface area contributed by atoms with E-state index in [1.165, 1.54) is 13.3 Å². The zero-order valence-electron chi connectivity index (χ0n) is 18.7. The predicted molar refractivity (Wildman–Crippen MR) is 128 cm³/mol. The van der Waals surface area contributed by atoms with Gasteiger partial charge in [-0.1, -0.05) is 36.4 Å². The minimum atomic E-state index is -0.700. The molecule has 4 rings (SSSR count). The fourth-order valence-corrected chi connectivity index (χ4v) is 3.73. The molecule has 0 bridgehead atoms. The first kappa shape index (κ1) is 23.2. The van der Waals surface area contributed by atoms with Crippen LogP contribution in [-0.4, -0.2) is 46.5 Å². The second-order valence-electron chi connectivity index (χ2n) is 7.58. The van der Waals surface area contributed by atoms with Gasteiger partial charge in [-0.05, 0) is 42.2 Å². The third kappa shape index (κ3) is 4.83. The molecule has 4 aromatic rings. The lowest BCUT2D eigenvalue weighted by Gasteiger charge is -2.15. The number of aliphatic hydroxyl groups is 1. The first-order valence-corrected chi connectivity index (χ1v) is 10.9. The second-order valence-corrected chi connectivity index (χ2v) is 7.58. The highest BCUT2D eigenvalue weighted by Gasteiger charge is 2.22. The van der Waals surface area contributed by atoms with Crippen molar-refractivity contribution in [2.45, 2.75) is 12.8 Å². The molecule has 0 aliphatic rings. The monoisotopic (exact) mass is 459 g/mol. The summed E-state index contributed by atoms with van der Waals surface area (Å²) in [4.78, 5) is 21.2. The Bertz CT molecular complexity index is 1270. The van der Waals surface area contributed by atoms with Crippen molar-refractivity contribution in [1.82, 2.24) is 15.4 Å². The number of unbranched alkanes of at least 4 members (excludes halogenated alkanes) is 1. The summed E-state index contributed by atoms with van der Waals surface area (Å²) in [5.41, 5.74) is 5.68. The third-order valence-electron chi connectivity index (χ3n) is 5.44. The van der Waals surface area contributed by atoms with E-state index in [-0.39, 0.29) is 17.9 Å². The topological polar surface area (TPSA) is 114 Å². The van der Waals surface area contributed by atoms with Gasteiger partial charge in [-0.2, -0.15) is 0 Å². The number of hydrogen-bond donors (Lipinski definition) is 3. The van der Waals surface area contributed by atoms with Gasteiger partial charge in [0.15, 0.2) is 5.75 Å². The number of carbonyl (C=O) groups is 1. The number of aromatic nitrogens is 2. The van der Waals surface area contributed by atoms with Crippen LogP contribution in [0.4, 0.5) is 0 Å². The normalized spacial score (nSPS) is 10.8. The second kappa shape index (κ2) is 10.7. The highest BCUT2D eigenvalue weighted by Crippen LogP contribution is 2.36. The van der Waals surface area contributed by atoms with Crippen LogP contribution in [0.25, 0.3) is 33.3 Å². The molecule has 3 N–H and O–H groups in total. The Balaban J connectivity index is 1.64. The van der Waals surface area contributed by atoms with E-state index in [1.807, 2.05) is 48.5 Å². The van der Waals surface area contributed by atoms with Crippen molar-refractivity contribution >= 4 is 16.8 Å². The lowest BCUT2D eigenvalue weighted by Crippen LogP contribution is -2.20. The van der Waals surface area contributed by atoms with E-state index in [0.717, 1.165) is 35.3 Å². The van der Waals surface area contributed by atoms with Crippen LogP contribution in [0.5, 0.6) is 11.5 Å². The summed E-state index contributed by atoms with van der Waals surface area (Å²) >= 11 is 0. The van der Waals surface area contributed by atoms with E-state index in [0.29, 0.717) is 23.2 Å². The van der Waals surface area contributed by atoms with Crippen molar-refractivity contribution in [3.63, 3.8) is 0 Å². The van der Waals surface area contributed by atoms with Gasteiger partial charge in [0.2, 0.25) is 0 Å². The number of aliphatic hydroxyl groups excluding tert-OH is 1. The number of amides is 1. The molecule has 0 spiro atoms. The predicted octanol–water partition coefficient (Wildman–Crippen LogP) is 4.24. The van der Waals surface area contributed by atoms with Crippen molar-refractivity contribution in [3.05, 3.63) is 72.6 Å². The summed E-state index contributed by atoms with van der Waals surface area (Å²) in [7, 11) is 1.46. The number of methoxy groups -OCH3 is 1. The van der Waals surface area contributed by atoms with Crippen LogP contribution in [-0.2, 0) is 0 Å². The Morgan fingerprint density at radius 2 is 1.65 bits per heavy atom. The molecule has 0 aliphatic carbocycles. The van der Waals surface area contributed by atoms with Crippen molar-refractivity contribution in [1.29, 1.82) is 0 Å². The van der Waals surface area contributed by atoms with E-state index in [4.69, 9.17) is 19.6 Å². The zero-order chi connectivity index (χ0) is 23.9. The van der Waals surface area contributed by atoms with Crippen molar-refractivity contribution in [2.24, 2.45) is 0 Å². The third-order valence-corrected chi connectivity index (χ3v) is 5.44. The van der Waals surface area contributed by atoms with Gasteiger partial charge >= 0.3 is 0 Å². The zero-order valence-corrected chi connectivity index (χ0v) is 18.7. The standard InChI is InChI=1S/C26H25N3O5/c1-33-25-23(26(31)29-32)21-16-27-13-12-22(21)28-24(25)19-6-4-17(5-7-19)18-8-10-20(11-9-18)34-15-3-2-14-30/h4-13,16,30,32H,2-3,14-15H2,1H3,(H,29,31). The number of pyridine rings is 2. The number of benzene rings is 2. The van der Waals surface area contributed by atoms with E-state index < -0.39 is 5.91 Å².